The molecule has 1 aromatic carbocycles. The highest BCUT2D eigenvalue weighted by Crippen LogP contribution is 2.44. The molecule has 0 saturated heterocycles. The van der Waals surface area contributed by atoms with E-state index in [2.05, 4.69) is 47.8 Å². The van der Waals surface area contributed by atoms with Crippen LogP contribution in [0.15, 0.2) is 13.9 Å². The Morgan fingerprint density at radius 3 is 2.65 bits per heavy atom. The van der Waals surface area contributed by atoms with Gasteiger partial charge in [-0.2, -0.15) is 0 Å². The molecule has 1 nitrogen and oxygen atoms in total. The Balaban J connectivity index is 2.35. The summed E-state index contributed by atoms with van der Waals surface area (Å²) in [5.41, 5.74) is 4.56. The molecule has 1 unspecified atom stereocenters. The van der Waals surface area contributed by atoms with Crippen molar-refractivity contribution in [3.63, 3.8) is 0 Å². The van der Waals surface area contributed by atoms with Crippen molar-refractivity contribution >= 4 is 71.4 Å². The monoisotopic (exact) mass is 415 g/mol. The van der Waals surface area contributed by atoms with Crippen LogP contribution < -0.4 is 5.46 Å². The molecular weight excluding hydrogens is 409 g/mol. The fraction of sp³-hybridized carbons (Fsp3) is 0.417. The smallest absolute Gasteiger partial charge is 0.115 e. The predicted molar refractivity (Wildman–Crippen MR) is 83.4 cm³/mol. The third-order valence-electron chi connectivity index (χ3n) is 3.60. The number of rotatable bonds is 0. The third-order valence-corrected chi connectivity index (χ3v) is 6.55. The van der Waals surface area contributed by atoms with Crippen molar-refractivity contribution < 1.29 is 0 Å². The number of hydrogen-bond acceptors (Lipinski definition) is 1. The summed E-state index contributed by atoms with van der Waals surface area (Å²) in [6.07, 6.45) is 4.49. The highest BCUT2D eigenvalue weighted by atomic mass is 79.9. The lowest BCUT2D eigenvalue weighted by molar-refractivity contribution is 0.615. The van der Waals surface area contributed by atoms with E-state index >= 15 is 0 Å². The van der Waals surface area contributed by atoms with Crippen LogP contribution >= 0.6 is 47.8 Å². The van der Waals surface area contributed by atoms with E-state index in [0.717, 1.165) is 37.6 Å². The topological polar surface area (TPSA) is 12.4 Å². The van der Waals surface area contributed by atoms with Crippen LogP contribution in [0.5, 0.6) is 0 Å². The average molecular weight is 418 g/mol. The second-order valence-corrected chi connectivity index (χ2v) is 6.97. The van der Waals surface area contributed by atoms with Crippen molar-refractivity contribution in [2.24, 2.45) is 10.9 Å². The normalized spacial score (nSPS) is 22.1. The van der Waals surface area contributed by atoms with Gasteiger partial charge in [-0.3, -0.25) is 0 Å². The lowest BCUT2D eigenvalue weighted by Crippen LogP contribution is -2.20. The number of fused-ring (bicyclic) bond motifs is 1. The quantitative estimate of drug-likeness (QED) is 0.567. The molecule has 2 bridgehead atoms. The molecule has 1 heterocycles. The lowest BCUT2D eigenvalue weighted by Gasteiger charge is -2.23. The van der Waals surface area contributed by atoms with E-state index in [1.165, 1.54) is 24.0 Å². The summed E-state index contributed by atoms with van der Waals surface area (Å²) in [7, 11) is 6.21. The van der Waals surface area contributed by atoms with Crippen LogP contribution in [-0.4, -0.2) is 12.5 Å². The summed E-state index contributed by atoms with van der Waals surface area (Å²) >= 11 is 10.8. The second-order valence-electron chi connectivity index (χ2n) is 4.58. The Bertz CT molecular complexity index is 539. The van der Waals surface area contributed by atoms with Crippen molar-refractivity contribution in [3.05, 3.63) is 20.1 Å². The van der Waals surface area contributed by atoms with Gasteiger partial charge in [-0.1, -0.05) is 21.4 Å². The maximum Gasteiger partial charge on any atom is 0.115 e. The van der Waals surface area contributed by atoms with Crippen LogP contribution in [-0.2, 0) is 12.8 Å². The summed E-state index contributed by atoms with van der Waals surface area (Å²) < 4.78 is 3.00. The maximum absolute atomic E-state index is 6.21. The van der Waals surface area contributed by atoms with E-state index in [0.29, 0.717) is 5.92 Å². The number of aliphatic imine (C=N–C) groups is 1. The zero-order valence-electron chi connectivity index (χ0n) is 9.06. The zero-order chi connectivity index (χ0) is 12.2. The first-order chi connectivity index (χ1) is 8.09. The van der Waals surface area contributed by atoms with Crippen LogP contribution in [0, 0.1) is 5.92 Å². The van der Waals surface area contributed by atoms with Gasteiger partial charge in [0.25, 0.3) is 0 Å². The van der Waals surface area contributed by atoms with Crippen LogP contribution in [0.2, 0.25) is 0 Å². The van der Waals surface area contributed by atoms with E-state index in [1.54, 1.807) is 0 Å². The minimum Gasteiger partial charge on any atom is -0.244 e. The van der Waals surface area contributed by atoms with Crippen LogP contribution in [0.1, 0.15) is 24.0 Å². The predicted octanol–water partition coefficient (Wildman–Crippen LogP) is 3.94. The molecule has 1 aliphatic heterocycles. The number of benzene rings is 1. The molecule has 0 spiro atoms. The number of hydrogen-bond donors (Lipinski definition) is 0. The Hall–Kier alpha value is 0.395. The molecule has 0 N–H and O–H groups in total. The fourth-order valence-corrected chi connectivity index (χ4v) is 4.23. The van der Waals surface area contributed by atoms with Gasteiger partial charge in [-0.15, -0.1) is 0 Å². The van der Waals surface area contributed by atoms with Gasteiger partial charge in [0.2, 0.25) is 0 Å². The van der Waals surface area contributed by atoms with Gasteiger partial charge in [0.15, 0.2) is 0 Å². The zero-order valence-corrected chi connectivity index (χ0v) is 13.8. The molecule has 17 heavy (non-hydrogen) atoms. The minimum atomic E-state index is 0.538. The molecule has 0 aromatic heterocycles. The summed E-state index contributed by atoms with van der Waals surface area (Å²) in [5, 5.41) is 0. The molecule has 1 atom stereocenters. The van der Waals surface area contributed by atoms with Gasteiger partial charge in [0, 0.05) is 10.4 Å². The van der Waals surface area contributed by atoms with Crippen LogP contribution in [0.25, 0.3) is 0 Å². The lowest BCUT2D eigenvalue weighted by atomic mass is 9.83. The van der Waals surface area contributed by atoms with E-state index in [-0.39, 0.29) is 0 Å². The van der Waals surface area contributed by atoms with Gasteiger partial charge in [-0.05, 0) is 68.7 Å². The van der Waals surface area contributed by atoms with E-state index in [4.69, 9.17) is 12.8 Å². The first-order valence-electron chi connectivity index (χ1n) is 5.62. The van der Waals surface area contributed by atoms with Crippen LogP contribution in [0.3, 0.4) is 0 Å². The molecule has 2 radical (unpaired) electrons. The Labute approximate surface area is 127 Å². The van der Waals surface area contributed by atoms with E-state index in [1.807, 2.05) is 0 Å². The van der Waals surface area contributed by atoms with Crippen molar-refractivity contribution in [2.45, 2.75) is 25.7 Å². The SMILES string of the molecule is [B]c1c(Br)c(Br)c2c3c1CCCC(C3)C(Br)=N2. The number of nitrogens with zero attached hydrogens (tertiary/aromatic N) is 1. The highest BCUT2D eigenvalue weighted by Gasteiger charge is 2.29. The van der Waals surface area contributed by atoms with Crippen molar-refractivity contribution in [1.82, 2.24) is 0 Å². The number of halogens is 3. The molecule has 2 aliphatic rings. The molecule has 1 aromatic rings. The van der Waals surface area contributed by atoms with Gasteiger partial charge >= 0.3 is 0 Å². The molecule has 86 valence electrons. The van der Waals surface area contributed by atoms with Gasteiger partial charge < -0.3 is 0 Å². The Kier molecular flexibility index (Phi) is 3.29. The molecule has 0 saturated carbocycles. The Morgan fingerprint density at radius 2 is 1.88 bits per heavy atom. The van der Waals surface area contributed by atoms with Crippen molar-refractivity contribution in [1.29, 1.82) is 0 Å². The third kappa shape index (κ3) is 1.89. The highest BCUT2D eigenvalue weighted by molar-refractivity contribution is 9.18. The molecule has 0 fully saturated rings. The van der Waals surface area contributed by atoms with Crippen molar-refractivity contribution in [3.8, 4) is 0 Å². The molecular formula is C12H9BBr3N. The maximum atomic E-state index is 6.21. The van der Waals surface area contributed by atoms with Gasteiger partial charge in [-0.25, -0.2) is 4.99 Å². The standard InChI is InChI=1S/C12H9BBr3N/c13-8-6-3-1-2-5-4-7(6)11(17-12(5)16)10(15)9(8)14/h5H,1-4H2. The summed E-state index contributed by atoms with van der Waals surface area (Å²) in [5.74, 6) is 0.538. The molecule has 3 rings (SSSR count). The van der Waals surface area contributed by atoms with Crippen molar-refractivity contribution in [2.75, 3.05) is 0 Å². The summed E-state index contributed by atoms with van der Waals surface area (Å²) in [6, 6.07) is 0. The van der Waals surface area contributed by atoms with E-state index < -0.39 is 0 Å². The fourth-order valence-electron chi connectivity index (χ4n) is 2.69. The van der Waals surface area contributed by atoms with Gasteiger partial charge in [0.1, 0.15) is 7.85 Å². The summed E-state index contributed by atoms with van der Waals surface area (Å²) in [6.45, 7) is 0. The molecule has 1 aliphatic carbocycles. The van der Waals surface area contributed by atoms with E-state index in [9.17, 15) is 0 Å². The molecule has 0 amide bonds. The van der Waals surface area contributed by atoms with Gasteiger partial charge in [0.05, 0.1) is 14.8 Å². The second kappa shape index (κ2) is 4.50. The first kappa shape index (κ1) is 12.4. The Morgan fingerprint density at radius 1 is 1.12 bits per heavy atom. The minimum absolute atomic E-state index is 0.538. The summed E-state index contributed by atoms with van der Waals surface area (Å²) in [4.78, 5) is 4.70. The average Bonchev–Trinajstić information content (AvgIpc) is 2.51. The molecule has 5 heteroatoms. The first-order valence-corrected chi connectivity index (χ1v) is 7.99. The van der Waals surface area contributed by atoms with Crippen LogP contribution in [0.4, 0.5) is 5.69 Å². The largest absolute Gasteiger partial charge is 0.244 e.